The first-order chi connectivity index (χ1) is 11.2. The molecule has 0 radical (unpaired) electrons. The lowest BCUT2D eigenvalue weighted by Crippen LogP contribution is -2.30. The fourth-order valence-electron chi connectivity index (χ4n) is 1.79. The first-order valence-electron chi connectivity index (χ1n) is 6.41. The highest BCUT2D eigenvalue weighted by atomic mass is 79.9. The lowest BCUT2D eigenvalue weighted by Gasteiger charge is -2.14. The summed E-state index contributed by atoms with van der Waals surface area (Å²) in [6.07, 6.45) is -4.73. The van der Waals surface area contributed by atoms with Gasteiger partial charge < -0.3 is 10.6 Å². The van der Waals surface area contributed by atoms with Gasteiger partial charge in [-0.25, -0.2) is 0 Å². The Kier molecular flexibility index (Phi) is 5.51. The van der Waals surface area contributed by atoms with Crippen LogP contribution in [0.15, 0.2) is 46.9 Å². The van der Waals surface area contributed by atoms with Crippen molar-refractivity contribution in [2.24, 2.45) is 0 Å². The van der Waals surface area contributed by atoms with Crippen molar-refractivity contribution in [2.75, 3.05) is 10.6 Å². The minimum Gasteiger partial charge on any atom is -0.318 e. The summed E-state index contributed by atoms with van der Waals surface area (Å²) < 4.78 is 39.5. The fraction of sp³-hybridized carbons (Fsp3) is 0.0667. The number of carbonyl (C=O) groups excluding carboxylic acids is 2. The largest absolute Gasteiger partial charge is 0.418 e. The van der Waals surface area contributed by atoms with E-state index in [0.717, 1.165) is 6.07 Å². The number of halogens is 5. The second kappa shape index (κ2) is 7.23. The lowest BCUT2D eigenvalue weighted by molar-refractivity contribution is -0.137. The minimum absolute atomic E-state index is 0.140. The van der Waals surface area contributed by atoms with Gasteiger partial charge in [0.25, 0.3) is 0 Å². The Labute approximate surface area is 148 Å². The van der Waals surface area contributed by atoms with Gasteiger partial charge in [0.15, 0.2) is 0 Å². The third-order valence-electron chi connectivity index (χ3n) is 2.82. The number of benzene rings is 2. The number of anilines is 2. The molecular weight excluding hydrogens is 413 g/mol. The summed E-state index contributed by atoms with van der Waals surface area (Å²) in [4.78, 5) is 23.6. The van der Waals surface area contributed by atoms with Crippen molar-refractivity contribution in [3.63, 3.8) is 0 Å². The fourth-order valence-corrected chi connectivity index (χ4v) is 2.36. The summed E-state index contributed by atoms with van der Waals surface area (Å²) in [5.74, 6) is -2.33. The van der Waals surface area contributed by atoms with Crippen LogP contribution in [-0.2, 0) is 15.8 Å². The Balaban J connectivity index is 2.16. The molecule has 0 saturated heterocycles. The smallest absolute Gasteiger partial charge is 0.318 e. The average Bonchev–Trinajstić information content (AvgIpc) is 2.48. The molecule has 0 unspecified atom stereocenters. The van der Waals surface area contributed by atoms with Gasteiger partial charge in [0.2, 0.25) is 0 Å². The molecule has 0 fully saturated rings. The third-order valence-corrected chi connectivity index (χ3v) is 3.55. The molecular formula is C15H9BrClF3N2O2. The normalized spacial score (nSPS) is 11.0. The zero-order valence-corrected chi connectivity index (χ0v) is 14.1. The Morgan fingerprint density at radius 2 is 1.67 bits per heavy atom. The van der Waals surface area contributed by atoms with Crippen LogP contribution in [0.2, 0.25) is 5.02 Å². The van der Waals surface area contributed by atoms with Gasteiger partial charge in [-0.3, -0.25) is 9.59 Å². The summed E-state index contributed by atoms with van der Waals surface area (Å²) in [7, 11) is 0. The van der Waals surface area contributed by atoms with Crippen LogP contribution in [0.3, 0.4) is 0 Å². The molecule has 0 saturated carbocycles. The van der Waals surface area contributed by atoms with Crippen molar-refractivity contribution in [1.82, 2.24) is 0 Å². The SMILES string of the molecule is O=C(Nc1cccc(Br)c1)C(=O)Nc1ccc(Cl)cc1C(F)(F)F. The number of rotatable bonds is 2. The van der Waals surface area contributed by atoms with E-state index in [0.29, 0.717) is 16.2 Å². The van der Waals surface area contributed by atoms with Crippen LogP contribution in [0.4, 0.5) is 24.5 Å². The van der Waals surface area contributed by atoms with E-state index in [-0.39, 0.29) is 5.02 Å². The summed E-state index contributed by atoms with van der Waals surface area (Å²) in [6.45, 7) is 0. The zero-order chi connectivity index (χ0) is 17.9. The standard InChI is InChI=1S/C15H9BrClF3N2O2/c16-8-2-1-3-10(6-8)21-13(23)14(24)22-12-5-4-9(17)7-11(12)15(18,19)20/h1-7H,(H,21,23)(H,22,24). The molecule has 0 aliphatic carbocycles. The number of amides is 2. The monoisotopic (exact) mass is 420 g/mol. The molecule has 4 nitrogen and oxygen atoms in total. The number of carbonyl (C=O) groups is 2. The second-order valence-corrected chi connectivity index (χ2v) is 5.96. The predicted octanol–water partition coefficient (Wildman–Crippen LogP) is 4.70. The summed E-state index contributed by atoms with van der Waals surface area (Å²) in [5.41, 5.74) is -1.38. The highest BCUT2D eigenvalue weighted by Gasteiger charge is 2.34. The van der Waals surface area contributed by atoms with E-state index in [1.165, 1.54) is 18.2 Å². The molecule has 9 heteroatoms. The van der Waals surface area contributed by atoms with Crippen LogP contribution in [-0.4, -0.2) is 11.8 Å². The zero-order valence-electron chi connectivity index (χ0n) is 11.7. The number of hydrogen-bond acceptors (Lipinski definition) is 2. The maximum absolute atomic E-state index is 13.0. The highest BCUT2D eigenvalue weighted by Crippen LogP contribution is 2.36. The van der Waals surface area contributed by atoms with Gasteiger partial charge in [-0.1, -0.05) is 33.6 Å². The Hall–Kier alpha value is -2.06. The van der Waals surface area contributed by atoms with Crippen molar-refractivity contribution in [2.45, 2.75) is 6.18 Å². The maximum Gasteiger partial charge on any atom is 0.418 e. The quantitative estimate of drug-likeness (QED) is 0.691. The molecule has 2 rings (SSSR count). The molecule has 24 heavy (non-hydrogen) atoms. The van der Waals surface area contributed by atoms with Crippen LogP contribution in [0, 0.1) is 0 Å². The average molecular weight is 422 g/mol. The van der Waals surface area contributed by atoms with Crippen molar-refractivity contribution in [3.8, 4) is 0 Å². The van der Waals surface area contributed by atoms with Crippen LogP contribution in [0.25, 0.3) is 0 Å². The van der Waals surface area contributed by atoms with Crippen LogP contribution < -0.4 is 10.6 Å². The van der Waals surface area contributed by atoms with Gasteiger partial charge >= 0.3 is 18.0 Å². The third kappa shape index (κ3) is 4.72. The molecule has 0 heterocycles. The van der Waals surface area contributed by atoms with Crippen molar-refractivity contribution in [1.29, 1.82) is 0 Å². The van der Waals surface area contributed by atoms with E-state index < -0.39 is 29.2 Å². The van der Waals surface area contributed by atoms with E-state index in [1.54, 1.807) is 12.1 Å². The summed E-state index contributed by atoms with van der Waals surface area (Å²) >= 11 is 8.74. The van der Waals surface area contributed by atoms with E-state index >= 15 is 0 Å². The van der Waals surface area contributed by atoms with E-state index in [1.807, 2.05) is 5.32 Å². The number of hydrogen-bond donors (Lipinski definition) is 2. The minimum atomic E-state index is -4.73. The lowest BCUT2D eigenvalue weighted by atomic mass is 10.1. The summed E-state index contributed by atoms with van der Waals surface area (Å²) in [5, 5.41) is 4.08. The van der Waals surface area contributed by atoms with Gasteiger partial charge in [-0.05, 0) is 36.4 Å². The van der Waals surface area contributed by atoms with E-state index in [4.69, 9.17) is 11.6 Å². The van der Waals surface area contributed by atoms with Crippen LogP contribution in [0.5, 0.6) is 0 Å². The van der Waals surface area contributed by atoms with E-state index in [2.05, 4.69) is 21.2 Å². The molecule has 0 spiro atoms. The molecule has 126 valence electrons. The highest BCUT2D eigenvalue weighted by molar-refractivity contribution is 9.10. The molecule has 0 atom stereocenters. The molecule has 0 aliphatic rings. The van der Waals surface area contributed by atoms with E-state index in [9.17, 15) is 22.8 Å². The molecule has 0 bridgehead atoms. The van der Waals surface area contributed by atoms with Gasteiger partial charge in [0.05, 0.1) is 11.3 Å². The number of alkyl halides is 3. The van der Waals surface area contributed by atoms with Gasteiger partial charge in [-0.15, -0.1) is 0 Å². The Bertz CT molecular complexity index is 797. The molecule has 2 aromatic carbocycles. The van der Waals surface area contributed by atoms with Crippen LogP contribution in [0.1, 0.15) is 5.56 Å². The first kappa shape index (κ1) is 18.3. The van der Waals surface area contributed by atoms with Gasteiger partial charge in [-0.2, -0.15) is 13.2 Å². The number of nitrogens with one attached hydrogen (secondary N) is 2. The molecule has 2 N–H and O–H groups in total. The summed E-state index contributed by atoms with van der Waals surface area (Å²) in [6, 6.07) is 9.23. The Morgan fingerprint density at radius 1 is 1.00 bits per heavy atom. The van der Waals surface area contributed by atoms with Gasteiger partial charge in [0.1, 0.15) is 0 Å². The molecule has 0 aromatic heterocycles. The van der Waals surface area contributed by atoms with Crippen molar-refractivity contribution >= 4 is 50.7 Å². The second-order valence-electron chi connectivity index (χ2n) is 4.61. The topological polar surface area (TPSA) is 58.2 Å². The molecule has 0 aliphatic heterocycles. The van der Waals surface area contributed by atoms with Crippen molar-refractivity contribution in [3.05, 3.63) is 57.5 Å². The molecule has 2 amide bonds. The first-order valence-corrected chi connectivity index (χ1v) is 7.58. The predicted molar refractivity (Wildman–Crippen MR) is 87.9 cm³/mol. The van der Waals surface area contributed by atoms with Crippen molar-refractivity contribution < 1.29 is 22.8 Å². The Morgan fingerprint density at radius 3 is 2.29 bits per heavy atom. The molecule has 2 aromatic rings. The van der Waals surface area contributed by atoms with Crippen LogP contribution >= 0.6 is 27.5 Å². The maximum atomic E-state index is 13.0. The van der Waals surface area contributed by atoms with Gasteiger partial charge in [0, 0.05) is 15.2 Å².